The molecule has 3 aliphatic rings. The van der Waals surface area contributed by atoms with E-state index in [0.717, 1.165) is 38.1 Å². The second kappa shape index (κ2) is 16.1. The van der Waals surface area contributed by atoms with Gasteiger partial charge in [0.05, 0.1) is 28.2 Å². The maximum absolute atomic E-state index is 15.3. The van der Waals surface area contributed by atoms with Gasteiger partial charge in [0.15, 0.2) is 5.82 Å². The second-order valence-corrected chi connectivity index (χ2v) is 16.8. The average molecular weight is 867 g/mol. The van der Waals surface area contributed by atoms with Crippen LogP contribution in [0.5, 0.6) is 0 Å². The van der Waals surface area contributed by atoms with Crippen molar-refractivity contribution in [3.8, 4) is 23.0 Å². The van der Waals surface area contributed by atoms with E-state index in [1.807, 2.05) is 4.90 Å². The Kier molecular flexibility index (Phi) is 11.2. The number of carbonyl (C=O) groups is 2. The van der Waals surface area contributed by atoms with Gasteiger partial charge in [-0.2, -0.15) is 19.0 Å². The van der Waals surface area contributed by atoms with Crippen LogP contribution in [-0.4, -0.2) is 78.1 Å². The fourth-order valence-electron chi connectivity index (χ4n) is 8.58. The zero-order valence-electron chi connectivity index (χ0n) is 33.3. The predicted octanol–water partition coefficient (Wildman–Crippen LogP) is 7.21. The maximum Gasteiger partial charge on any atom is 0.293 e. The minimum Gasteiger partial charge on any atom is -0.378 e. The first-order valence-corrected chi connectivity index (χ1v) is 20.2. The third-order valence-electron chi connectivity index (χ3n) is 11.3. The van der Waals surface area contributed by atoms with Gasteiger partial charge in [0.1, 0.15) is 40.9 Å². The van der Waals surface area contributed by atoms with Crippen LogP contribution < -0.4 is 10.6 Å². The highest BCUT2D eigenvalue weighted by molar-refractivity contribution is 6.37. The van der Waals surface area contributed by atoms with Crippen LogP contribution in [-0.2, 0) is 35.5 Å². The van der Waals surface area contributed by atoms with Crippen molar-refractivity contribution < 1.29 is 41.0 Å². The van der Waals surface area contributed by atoms with Crippen LogP contribution in [0.1, 0.15) is 85.3 Å². The number of alkyl halides is 4. The standard InChI is InChI=1S/C43H41ClF6N8O3/c1-42(2,61)11-10-26-6-7-27(28-8-9-31(44)35-38(28)56(3)55-41(35)53-33(60)20-57-12-4-5-13-57)36(52-26)23(14-22-15-24(45)17-25(46)16-22)19-51-32(59)21-58-39-34(37(54-58)40(47)48)29-18-30(29)43(39,49)50/h6-9,15-17,23,29-30,40,61H,4-5,12-14,18-21H2,1-3H3,(H,51,59)(H,53,55,60)/t23-,29+,30-/m1/s1. The Hall–Kier alpha value is -5.44. The van der Waals surface area contributed by atoms with Crippen molar-refractivity contribution in [1.29, 1.82) is 0 Å². The largest absolute Gasteiger partial charge is 0.378 e. The number of fused-ring (bicyclic) bond motifs is 4. The number of amides is 2. The van der Waals surface area contributed by atoms with E-state index in [4.69, 9.17) is 16.6 Å². The maximum atomic E-state index is 15.3. The van der Waals surface area contributed by atoms with Gasteiger partial charge >= 0.3 is 0 Å². The van der Waals surface area contributed by atoms with Crippen molar-refractivity contribution in [2.75, 3.05) is 31.5 Å². The first kappa shape index (κ1) is 42.3. The molecule has 61 heavy (non-hydrogen) atoms. The molecule has 1 saturated heterocycles. The first-order valence-electron chi connectivity index (χ1n) is 19.8. The molecule has 2 aliphatic carbocycles. The SMILES string of the molecule is Cn1nc(NC(=O)CN2CCCC2)c2c(Cl)ccc(-c3ccc(C#CC(C)(C)O)nc3[C@@H](CNC(=O)Cn3nc(C(F)F)c4c3C(F)(F)[C@@H]3C[C@H]43)Cc3cc(F)cc(F)c3)c21. The number of likely N-dealkylation sites (tertiary alicyclic amines) is 1. The average Bonchev–Trinajstić information content (AvgIpc) is 3.38. The molecule has 11 nitrogen and oxygen atoms in total. The van der Waals surface area contributed by atoms with E-state index in [9.17, 15) is 32.3 Å². The van der Waals surface area contributed by atoms with Gasteiger partial charge in [-0.25, -0.2) is 22.5 Å². The zero-order chi connectivity index (χ0) is 43.5. The van der Waals surface area contributed by atoms with Crippen molar-refractivity contribution >= 4 is 40.1 Å². The summed E-state index contributed by atoms with van der Waals surface area (Å²) in [6.45, 7) is 3.66. The lowest BCUT2D eigenvalue weighted by molar-refractivity contribution is -0.122. The molecule has 0 spiro atoms. The van der Waals surface area contributed by atoms with Gasteiger partial charge in [0.25, 0.3) is 12.3 Å². The van der Waals surface area contributed by atoms with E-state index in [2.05, 4.69) is 32.7 Å². The van der Waals surface area contributed by atoms with E-state index in [1.54, 1.807) is 36.0 Å². The summed E-state index contributed by atoms with van der Waals surface area (Å²) in [6, 6.07) is 9.60. The van der Waals surface area contributed by atoms with Crippen LogP contribution in [0.2, 0.25) is 5.02 Å². The molecular formula is C43H41ClF6N8O3. The van der Waals surface area contributed by atoms with E-state index < -0.39 is 71.2 Å². The molecule has 0 unspecified atom stereocenters. The molecule has 4 heterocycles. The summed E-state index contributed by atoms with van der Waals surface area (Å²) in [4.78, 5) is 33.7. The van der Waals surface area contributed by atoms with Gasteiger partial charge in [0.2, 0.25) is 11.8 Å². The van der Waals surface area contributed by atoms with Crippen LogP contribution >= 0.6 is 11.6 Å². The van der Waals surface area contributed by atoms with Gasteiger partial charge in [0, 0.05) is 48.2 Å². The van der Waals surface area contributed by atoms with E-state index in [1.165, 1.54) is 13.8 Å². The van der Waals surface area contributed by atoms with Gasteiger partial charge in [-0.15, -0.1) is 0 Å². The molecule has 0 bridgehead atoms. The van der Waals surface area contributed by atoms with Crippen LogP contribution in [0, 0.1) is 29.4 Å². The highest BCUT2D eigenvalue weighted by Gasteiger charge is 2.67. The fraction of sp³-hybridized carbons (Fsp3) is 0.419. The highest BCUT2D eigenvalue weighted by Crippen LogP contribution is 2.68. The van der Waals surface area contributed by atoms with Crippen LogP contribution in [0.3, 0.4) is 0 Å². The smallest absolute Gasteiger partial charge is 0.293 e. The van der Waals surface area contributed by atoms with Gasteiger partial charge in [-0.3, -0.25) is 23.9 Å². The van der Waals surface area contributed by atoms with E-state index >= 15 is 8.78 Å². The van der Waals surface area contributed by atoms with Crippen molar-refractivity contribution in [1.82, 2.24) is 34.8 Å². The normalized spacial score (nSPS) is 18.5. The Bertz CT molecular complexity index is 2600. The lowest BCUT2D eigenvalue weighted by Gasteiger charge is -2.22. The molecule has 2 aromatic carbocycles. The zero-order valence-corrected chi connectivity index (χ0v) is 34.1. The van der Waals surface area contributed by atoms with Gasteiger partial charge in [-0.05, 0) is 100 Å². The number of hydrogen-bond acceptors (Lipinski definition) is 7. The number of aliphatic hydroxyl groups is 1. The van der Waals surface area contributed by atoms with Crippen molar-refractivity contribution in [3.63, 3.8) is 0 Å². The Morgan fingerprint density at radius 1 is 1.00 bits per heavy atom. The first-order chi connectivity index (χ1) is 28.9. The van der Waals surface area contributed by atoms with Crippen molar-refractivity contribution in [3.05, 3.63) is 93.0 Å². The third-order valence-corrected chi connectivity index (χ3v) is 11.6. The number of nitrogens with one attached hydrogen (secondary N) is 2. The summed E-state index contributed by atoms with van der Waals surface area (Å²) in [5.74, 6) is -3.27. The Balaban J connectivity index is 1.19. The number of nitrogens with zero attached hydrogens (tertiary/aromatic N) is 6. The topological polar surface area (TPSA) is 130 Å². The molecule has 3 N–H and O–H groups in total. The summed E-state index contributed by atoms with van der Waals surface area (Å²) < 4.78 is 90.1. The Morgan fingerprint density at radius 2 is 1.70 bits per heavy atom. The minimum absolute atomic E-state index is 0.0575. The molecule has 1 saturated carbocycles. The number of carbonyl (C=O) groups excluding carboxylic acids is 2. The summed E-state index contributed by atoms with van der Waals surface area (Å²) in [7, 11) is 1.67. The van der Waals surface area contributed by atoms with Crippen LogP contribution in [0.4, 0.5) is 32.2 Å². The number of rotatable bonds is 12. The molecule has 3 atom stereocenters. The summed E-state index contributed by atoms with van der Waals surface area (Å²) in [6.07, 6.45) is -1.19. The van der Waals surface area contributed by atoms with Crippen molar-refractivity contribution in [2.45, 2.75) is 75.9 Å². The number of aromatic nitrogens is 5. The monoisotopic (exact) mass is 866 g/mol. The molecule has 18 heteroatoms. The number of hydrogen-bond donors (Lipinski definition) is 3. The minimum atomic E-state index is -3.44. The summed E-state index contributed by atoms with van der Waals surface area (Å²) in [5.41, 5.74) is -0.964. The Morgan fingerprint density at radius 3 is 2.39 bits per heavy atom. The van der Waals surface area contributed by atoms with E-state index in [0.29, 0.717) is 32.8 Å². The predicted molar refractivity (Wildman–Crippen MR) is 214 cm³/mol. The Labute approximate surface area is 351 Å². The number of benzene rings is 2. The summed E-state index contributed by atoms with van der Waals surface area (Å²) >= 11 is 6.78. The van der Waals surface area contributed by atoms with E-state index in [-0.39, 0.29) is 65.2 Å². The van der Waals surface area contributed by atoms with Crippen LogP contribution in [0.15, 0.2) is 42.5 Å². The number of aryl methyl sites for hydroxylation is 1. The van der Waals surface area contributed by atoms with Gasteiger partial charge in [-0.1, -0.05) is 23.6 Å². The molecule has 0 radical (unpaired) electrons. The number of halogens is 7. The quantitative estimate of drug-likeness (QED) is 0.0894. The molecular weight excluding hydrogens is 826 g/mol. The number of pyridine rings is 1. The lowest BCUT2D eigenvalue weighted by Crippen LogP contribution is -2.34. The fourth-order valence-corrected chi connectivity index (χ4v) is 8.83. The number of anilines is 1. The van der Waals surface area contributed by atoms with Crippen LogP contribution in [0.25, 0.3) is 22.0 Å². The lowest BCUT2D eigenvalue weighted by atomic mass is 9.89. The summed E-state index contributed by atoms with van der Waals surface area (Å²) in [5, 5.41) is 25.1. The molecule has 3 aromatic heterocycles. The van der Waals surface area contributed by atoms with Crippen molar-refractivity contribution in [2.24, 2.45) is 13.0 Å². The second-order valence-electron chi connectivity index (χ2n) is 16.4. The molecule has 2 amide bonds. The van der Waals surface area contributed by atoms with Gasteiger partial charge < -0.3 is 15.7 Å². The third kappa shape index (κ3) is 8.58. The molecule has 1 aliphatic heterocycles. The molecule has 5 aromatic rings. The molecule has 2 fully saturated rings. The molecule has 8 rings (SSSR count). The molecule has 320 valence electrons. The highest BCUT2D eigenvalue weighted by atomic mass is 35.5.